The molecule has 2 aromatic rings. The average Bonchev–Trinajstić information content (AvgIpc) is 3.10. The summed E-state index contributed by atoms with van der Waals surface area (Å²) >= 11 is 0. The van der Waals surface area contributed by atoms with Crippen LogP contribution in [-0.4, -0.2) is 43.1 Å². The third-order valence-electron chi connectivity index (χ3n) is 4.77. The van der Waals surface area contributed by atoms with Gasteiger partial charge in [0.25, 0.3) is 0 Å². The molecule has 0 bridgehead atoms. The molecule has 140 valence electrons. The molecule has 1 saturated heterocycles. The Kier molecular flexibility index (Phi) is 4.91. The van der Waals surface area contributed by atoms with Gasteiger partial charge in [0.1, 0.15) is 13.2 Å². The van der Waals surface area contributed by atoms with Crippen LogP contribution in [0.25, 0.3) is 0 Å². The first-order valence-electron chi connectivity index (χ1n) is 9.07. The molecule has 27 heavy (non-hydrogen) atoms. The van der Waals surface area contributed by atoms with Crippen molar-refractivity contribution >= 4 is 17.5 Å². The van der Waals surface area contributed by atoms with Gasteiger partial charge < -0.3 is 19.7 Å². The van der Waals surface area contributed by atoms with Gasteiger partial charge in [-0.05, 0) is 30.2 Å². The van der Waals surface area contributed by atoms with E-state index >= 15 is 0 Å². The largest absolute Gasteiger partial charge is 0.486 e. The zero-order chi connectivity index (χ0) is 18.6. The van der Waals surface area contributed by atoms with Gasteiger partial charge >= 0.3 is 0 Å². The predicted molar refractivity (Wildman–Crippen MR) is 98.8 cm³/mol. The van der Waals surface area contributed by atoms with Crippen molar-refractivity contribution in [2.75, 3.05) is 31.2 Å². The molecule has 1 aromatic heterocycles. The van der Waals surface area contributed by atoms with E-state index in [4.69, 9.17) is 9.47 Å². The lowest BCUT2D eigenvalue weighted by Crippen LogP contribution is -2.34. The van der Waals surface area contributed by atoms with Crippen molar-refractivity contribution in [2.24, 2.45) is 5.92 Å². The number of carbonyl (C=O) groups is 2. The molecule has 1 fully saturated rings. The van der Waals surface area contributed by atoms with E-state index in [1.807, 2.05) is 18.2 Å². The fraction of sp³-hybridized carbons (Fsp3) is 0.350. The van der Waals surface area contributed by atoms with Gasteiger partial charge in [0.15, 0.2) is 11.5 Å². The molecule has 4 rings (SSSR count). The lowest BCUT2D eigenvalue weighted by molar-refractivity contribution is -0.126. The molecule has 0 unspecified atom stereocenters. The van der Waals surface area contributed by atoms with Gasteiger partial charge in [-0.2, -0.15) is 0 Å². The number of nitrogens with one attached hydrogen (secondary N) is 1. The first-order valence-corrected chi connectivity index (χ1v) is 9.07. The minimum absolute atomic E-state index is 0.0564. The summed E-state index contributed by atoms with van der Waals surface area (Å²) in [5.74, 6) is 0.822. The number of amides is 2. The highest BCUT2D eigenvalue weighted by atomic mass is 16.6. The normalized spacial score (nSPS) is 18.4. The summed E-state index contributed by atoms with van der Waals surface area (Å²) in [4.78, 5) is 30.6. The van der Waals surface area contributed by atoms with Crippen LogP contribution in [0.15, 0.2) is 42.7 Å². The van der Waals surface area contributed by atoms with Crippen molar-refractivity contribution in [1.29, 1.82) is 0 Å². The zero-order valence-corrected chi connectivity index (χ0v) is 14.9. The van der Waals surface area contributed by atoms with Gasteiger partial charge in [-0.3, -0.25) is 14.6 Å². The second-order valence-corrected chi connectivity index (χ2v) is 6.64. The summed E-state index contributed by atoms with van der Waals surface area (Å²) in [6.45, 7) is 1.92. The van der Waals surface area contributed by atoms with Crippen molar-refractivity contribution in [1.82, 2.24) is 10.3 Å². The molecule has 2 aliphatic rings. The van der Waals surface area contributed by atoms with Crippen molar-refractivity contribution in [3.8, 4) is 11.5 Å². The van der Waals surface area contributed by atoms with Crippen LogP contribution < -0.4 is 19.7 Å². The Hall–Kier alpha value is -3.09. The van der Waals surface area contributed by atoms with E-state index in [0.717, 1.165) is 11.3 Å². The molecule has 1 N–H and O–H groups in total. The summed E-state index contributed by atoms with van der Waals surface area (Å²) < 4.78 is 11.1. The van der Waals surface area contributed by atoms with Crippen LogP contribution in [0.4, 0.5) is 5.69 Å². The second-order valence-electron chi connectivity index (χ2n) is 6.64. The van der Waals surface area contributed by atoms with E-state index in [-0.39, 0.29) is 24.2 Å². The minimum Gasteiger partial charge on any atom is -0.486 e. The topological polar surface area (TPSA) is 80.8 Å². The third kappa shape index (κ3) is 3.86. The summed E-state index contributed by atoms with van der Waals surface area (Å²) in [5.41, 5.74) is 1.80. The van der Waals surface area contributed by atoms with Crippen LogP contribution in [0.2, 0.25) is 0 Å². The molecule has 0 spiro atoms. The van der Waals surface area contributed by atoms with Gasteiger partial charge in [-0.25, -0.2) is 0 Å². The Morgan fingerprint density at radius 3 is 2.89 bits per heavy atom. The molecule has 0 aliphatic carbocycles. The summed E-state index contributed by atoms with van der Waals surface area (Å²) in [7, 11) is 0. The molecule has 7 heteroatoms. The molecule has 7 nitrogen and oxygen atoms in total. The molecular weight excluding hydrogens is 346 g/mol. The number of hydrogen-bond acceptors (Lipinski definition) is 5. The van der Waals surface area contributed by atoms with Crippen molar-refractivity contribution in [3.63, 3.8) is 0 Å². The van der Waals surface area contributed by atoms with Crippen LogP contribution in [0.5, 0.6) is 11.5 Å². The molecule has 0 radical (unpaired) electrons. The quantitative estimate of drug-likeness (QED) is 0.868. The van der Waals surface area contributed by atoms with E-state index in [1.165, 1.54) is 0 Å². The van der Waals surface area contributed by atoms with Gasteiger partial charge in [0, 0.05) is 43.7 Å². The smallest absolute Gasteiger partial charge is 0.227 e. The molecule has 2 amide bonds. The second kappa shape index (κ2) is 7.65. The first-order chi connectivity index (χ1) is 13.2. The Labute approximate surface area is 157 Å². The number of ether oxygens (including phenoxy) is 2. The maximum absolute atomic E-state index is 12.4. The van der Waals surface area contributed by atoms with E-state index in [9.17, 15) is 9.59 Å². The number of pyridine rings is 1. The van der Waals surface area contributed by atoms with Crippen LogP contribution in [-0.2, 0) is 16.0 Å². The predicted octanol–water partition coefficient (Wildman–Crippen LogP) is 1.56. The highest BCUT2D eigenvalue weighted by molar-refractivity contribution is 6.00. The Morgan fingerprint density at radius 2 is 2.07 bits per heavy atom. The lowest BCUT2D eigenvalue weighted by atomic mass is 10.1. The molecule has 1 atom stereocenters. The van der Waals surface area contributed by atoms with Crippen molar-refractivity contribution in [3.05, 3.63) is 48.3 Å². The van der Waals surface area contributed by atoms with Gasteiger partial charge in [0.05, 0.1) is 5.92 Å². The summed E-state index contributed by atoms with van der Waals surface area (Å²) in [6.07, 6.45) is 4.44. The number of anilines is 1. The maximum Gasteiger partial charge on any atom is 0.227 e. The summed E-state index contributed by atoms with van der Waals surface area (Å²) in [5, 5.41) is 2.93. The monoisotopic (exact) mass is 367 g/mol. The van der Waals surface area contributed by atoms with Crippen molar-refractivity contribution < 1.29 is 19.1 Å². The number of nitrogens with zero attached hydrogens (tertiary/aromatic N) is 2. The molecule has 1 aromatic carbocycles. The van der Waals surface area contributed by atoms with E-state index in [0.29, 0.717) is 44.2 Å². The van der Waals surface area contributed by atoms with Crippen molar-refractivity contribution in [2.45, 2.75) is 12.8 Å². The fourth-order valence-corrected chi connectivity index (χ4v) is 3.35. The van der Waals surface area contributed by atoms with Crippen LogP contribution in [0.3, 0.4) is 0 Å². The first kappa shape index (κ1) is 17.3. The Balaban J connectivity index is 1.35. The number of hydrogen-bond donors (Lipinski definition) is 1. The maximum atomic E-state index is 12.4. The summed E-state index contributed by atoms with van der Waals surface area (Å²) in [6, 6.07) is 9.28. The average molecular weight is 367 g/mol. The van der Waals surface area contributed by atoms with Gasteiger partial charge in [-0.15, -0.1) is 0 Å². The highest BCUT2D eigenvalue weighted by Gasteiger charge is 2.35. The highest BCUT2D eigenvalue weighted by Crippen LogP contribution is 2.35. The molecular formula is C20H21N3O4. The SMILES string of the molecule is O=C(NCCc1cccnc1)[C@H]1CC(=O)N(c2ccc3c(c2)OCCO3)C1. The number of fused-ring (bicyclic) bond motifs is 1. The number of rotatable bonds is 5. The van der Waals surface area contributed by atoms with E-state index in [1.54, 1.807) is 29.4 Å². The standard InChI is InChI=1S/C20H21N3O4/c24-19-10-15(20(25)22-7-5-14-2-1-6-21-12-14)13-23(19)16-3-4-17-18(11-16)27-9-8-26-17/h1-4,6,11-12,15H,5,7-10,13H2,(H,22,25)/t15-/m0/s1. The number of carbonyl (C=O) groups excluding carboxylic acids is 2. The number of benzene rings is 1. The van der Waals surface area contributed by atoms with E-state index < -0.39 is 0 Å². The van der Waals surface area contributed by atoms with Crippen LogP contribution >= 0.6 is 0 Å². The zero-order valence-electron chi connectivity index (χ0n) is 14.9. The molecule has 3 heterocycles. The molecule has 2 aliphatic heterocycles. The van der Waals surface area contributed by atoms with Gasteiger partial charge in [-0.1, -0.05) is 6.07 Å². The molecule has 0 saturated carbocycles. The van der Waals surface area contributed by atoms with Gasteiger partial charge in [0.2, 0.25) is 11.8 Å². The third-order valence-corrected chi connectivity index (χ3v) is 4.77. The van der Waals surface area contributed by atoms with Crippen LogP contribution in [0.1, 0.15) is 12.0 Å². The number of aromatic nitrogens is 1. The Morgan fingerprint density at radius 1 is 1.22 bits per heavy atom. The fourth-order valence-electron chi connectivity index (χ4n) is 3.35. The van der Waals surface area contributed by atoms with Crippen LogP contribution in [0, 0.1) is 5.92 Å². The lowest BCUT2D eigenvalue weighted by Gasteiger charge is -2.22. The Bertz CT molecular complexity index is 840. The van der Waals surface area contributed by atoms with E-state index in [2.05, 4.69) is 10.3 Å². The minimum atomic E-state index is -0.348.